The molecule has 1 atom stereocenters. The van der Waals surface area contributed by atoms with Gasteiger partial charge in [0.2, 0.25) is 0 Å². The molecule has 1 aromatic carbocycles. The number of benzene rings is 1. The predicted molar refractivity (Wildman–Crippen MR) is 90.8 cm³/mol. The molecule has 24 heavy (non-hydrogen) atoms. The Bertz CT molecular complexity index is 939. The highest BCUT2D eigenvalue weighted by Crippen LogP contribution is 2.38. The molecule has 0 saturated carbocycles. The fourth-order valence-electron chi connectivity index (χ4n) is 2.65. The molecule has 0 amide bonds. The highest BCUT2D eigenvalue weighted by Gasteiger charge is 2.19. The summed E-state index contributed by atoms with van der Waals surface area (Å²) in [6, 6.07) is 3.80. The van der Waals surface area contributed by atoms with Crippen molar-refractivity contribution in [2.24, 2.45) is 5.92 Å². The summed E-state index contributed by atoms with van der Waals surface area (Å²) in [5.74, 6) is -0.552. The number of ketones is 1. The van der Waals surface area contributed by atoms with Crippen molar-refractivity contribution in [1.82, 2.24) is 4.98 Å². The van der Waals surface area contributed by atoms with Gasteiger partial charge in [0.15, 0.2) is 17.2 Å². The first-order valence-corrected chi connectivity index (χ1v) is 8.31. The van der Waals surface area contributed by atoms with E-state index in [9.17, 15) is 9.59 Å². The van der Waals surface area contributed by atoms with Crippen molar-refractivity contribution >= 4 is 44.3 Å². The number of methoxy groups -OCH3 is 1. The third-order valence-electron chi connectivity index (χ3n) is 3.83. The zero-order valence-corrected chi connectivity index (χ0v) is 14.4. The number of rotatable bonds is 6. The summed E-state index contributed by atoms with van der Waals surface area (Å²) in [5.41, 5.74) is 1.31. The van der Waals surface area contributed by atoms with Crippen molar-refractivity contribution in [2.75, 3.05) is 7.11 Å². The largest absolute Gasteiger partial charge is 0.493 e. The van der Waals surface area contributed by atoms with Crippen LogP contribution in [0.2, 0.25) is 0 Å². The maximum Gasteiger partial charge on any atom is 0.306 e. The van der Waals surface area contributed by atoms with E-state index in [0.717, 1.165) is 20.5 Å². The number of Topliss-reactive ketones (excluding diaryl/α,β-unsaturated/α-hetero) is 1. The Morgan fingerprint density at radius 2 is 2.17 bits per heavy atom. The van der Waals surface area contributed by atoms with Crippen molar-refractivity contribution in [2.45, 2.75) is 26.7 Å². The van der Waals surface area contributed by atoms with Gasteiger partial charge in [0.05, 0.1) is 13.0 Å². The van der Waals surface area contributed by atoms with E-state index >= 15 is 0 Å². The summed E-state index contributed by atoms with van der Waals surface area (Å²) < 4.78 is 11.9. The van der Waals surface area contributed by atoms with Gasteiger partial charge in [-0.25, -0.2) is 4.98 Å². The van der Waals surface area contributed by atoms with Crippen molar-refractivity contribution < 1.29 is 23.8 Å². The van der Waals surface area contributed by atoms with Gasteiger partial charge < -0.3 is 14.3 Å². The van der Waals surface area contributed by atoms with Gasteiger partial charge >= 0.3 is 5.97 Å². The van der Waals surface area contributed by atoms with Crippen LogP contribution in [0, 0.1) is 12.8 Å². The molecule has 126 valence electrons. The molecule has 0 fully saturated rings. The van der Waals surface area contributed by atoms with Gasteiger partial charge in [-0.1, -0.05) is 6.92 Å². The number of carboxylic acids is 1. The standard InChI is InChI=1S/C17H17NO5S/c1-8(17(20)21)4-10(19)5-11-6-12-14(24-11)7-13(22-3)16-15(12)18-9(2)23-16/h6-8H,4-5H2,1-3H3,(H,20,21)/t8-/m0/s1. The highest BCUT2D eigenvalue weighted by atomic mass is 32.1. The van der Waals surface area contributed by atoms with E-state index < -0.39 is 11.9 Å². The molecule has 0 bridgehead atoms. The zero-order valence-electron chi connectivity index (χ0n) is 13.6. The molecule has 0 spiro atoms. The van der Waals surface area contributed by atoms with E-state index in [0.29, 0.717) is 17.2 Å². The maximum absolute atomic E-state index is 12.1. The lowest BCUT2D eigenvalue weighted by Gasteiger charge is -2.03. The number of oxazole rings is 1. The summed E-state index contributed by atoms with van der Waals surface area (Å²) >= 11 is 1.48. The molecule has 1 N–H and O–H groups in total. The number of carbonyl (C=O) groups is 2. The summed E-state index contributed by atoms with van der Waals surface area (Å²) in [6.45, 7) is 3.31. The molecule has 0 aliphatic rings. The van der Waals surface area contributed by atoms with Crippen LogP contribution < -0.4 is 4.74 Å². The van der Waals surface area contributed by atoms with E-state index in [4.69, 9.17) is 14.3 Å². The second-order valence-corrected chi connectivity index (χ2v) is 6.94. The van der Waals surface area contributed by atoms with Gasteiger partial charge in [0.1, 0.15) is 11.3 Å². The summed E-state index contributed by atoms with van der Waals surface area (Å²) in [6.07, 6.45) is 0.253. The fourth-order valence-corrected chi connectivity index (χ4v) is 3.77. The zero-order chi connectivity index (χ0) is 17.4. The Labute approximate surface area is 142 Å². The number of carbonyl (C=O) groups excluding carboxylic acids is 1. The molecular weight excluding hydrogens is 330 g/mol. The number of aryl methyl sites for hydroxylation is 1. The lowest BCUT2D eigenvalue weighted by atomic mass is 10.0. The van der Waals surface area contributed by atoms with Crippen LogP contribution >= 0.6 is 11.3 Å². The quantitative estimate of drug-likeness (QED) is 0.733. The first-order chi connectivity index (χ1) is 11.4. The first-order valence-electron chi connectivity index (χ1n) is 7.50. The number of carboxylic acid groups (broad SMARTS) is 1. The van der Waals surface area contributed by atoms with Gasteiger partial charge in [-0.05, 0) is 6.07 Å². The summed E-state index contributed by atoms with van der Waals surface area (Å²) in [5, 5.41) is 9.83. The number of aromatic nitrogens is 1. The molecule has 7 heteroatoms. The average molecular weight is 347 g/mol. The van der Waals surface area contributed by atoms with Gasteiger partial charge in [-0.15, -0.1) is 11.3 Å². The highest BCUT2D eigenvalue weighted by molar-refractivity contribution is 7.19. The second kappa shape index (κ2) is 6.24. The topological polar surface area (TPSA) is 89.6 Å². The summed E-state index contributed by atoms with van der Waals surface area (Å²) in [4.78, 5) is 28.2. The van der Waals surface area contributed by atoms with E-state index in [1.165, 1.54) is 18.3 Å². The van der Waals surface area contributed by atoms with Crippen molar-refractivity contribution in [3.05, 3.63) is 22.9 Å². The Hall–Kier alpha value is -2.41. The molecule has 0 aliphatic carbocycles. The lowest BCUT2D eigenvalue weighted by Crippen LogP contribution is -2.15. The minimum Gasteiger partial charge on any atom is -0.493 e. The smallest absolute Gasteiger partial charge is 0.306 e. The molecular formula is C17H17NO5S. The predicted octanol–water partition coefficient (Wildman–Crippen LogP) is 3.58. The van der Waals surface area contributed by atoms with E-state index in [1.807, 2.05) is 12.1 Å². The number of hydrogen-bond acceptors (Lipinski definition) is 6. The van der Waals surface area contributed by atoms with Crippen LogP contribution in [0.5, 0.6) is 5.75 Å². The van der Waals surface area contributed by atoms with Gasteiger partial charge in [0, 0.05) is 40.8 Å². The number of hydrogen-bond donors (Lipinski definition) is 1. The maximum atomic E-state index is 12.1. The van der Waals surface area contributed by atoms with E-state index in [-0.39, 0.29) is 18.6 Å². The normalized spacial score (nSPS) is 12.6. The van der Waals surface area contributed by atoms with Crippen LogP contribution in [0.3, 0.4) is 0 Å². The Balaban J connectivity index is 1.95. The van der Waals surface area contributed by atoms with E-state index in [2.05, 4.69) is 4.98 Å². The molecule has 2 heterocycles. The van der Waals surface area contributed by atoms with Gasteiger partial charge in [-0.2, -0.15) is 0 Å². The number of ether oxygens (including phenoxy) is 1. The van der Waals surface area contributed by atoms with Crippen LogP contribution in [0.15, 0.2) is 16.5 Å². The molecule has 0 unspecified atom stereocenters. The SMILES string of the molecule is COc1cc2sc(CC(=O)C[C@H](C)C(=O)O)cc2c2nc(C)oc12. The van der Waals surface area contributed by atoms with Crippen molar-refractivity contribution in [3.8, 4) is 5.75 Å². The number of aliphatic carboxylic acids is 1. The van der Waals surface area contributed by atoms with Crippen LogP contribution in [0.25, 0.3) is 21.2 Å². The first kappa shape index (κ1) is 16.4. The minimum absolute atomic E-state index is 0.0331. The molecule has 0 radical (unpaired) electrons. The monoisotopic (exact) mass is 347 g/mol. The summed E-state index contributed by atoms with van der Waals surface area (Å²) in [7, 11) is 1.57. The average Bonchev–Trinajstić information content (AvgIpc) is 3.08. The van der Waals surface area contributed by atoms with Crippen molar-refractivity contribution in [3.63, 3.8) is 0 Å². The molecule has 3 rings (SSSR count). The molecule has 3 aromatic rings. The Morgan fingerprint density at radius 1 is 1.42 bits per heavy atom. The van der Waals surface area contributed by atoms with Crippen LogP contribution in [-0.4, -0.2) is 29.0 Å². The third-order valence-corrected chi connectivity index (χ3v) is 4.92. The Kier molecular flexibility index (Phi) is 4.28. The number of fused-ring (bicyclic) bond motifs is 3. The number of thiophene rings is 1. The number of nitrogens with zero attached hydrogens (tertiary/aromatic N) is 1. The second-order valence-electron chi connectivity index (χ2n) is 5.77. The lowest BCUT2D eigenvalue weighted by molar-refractivity contribution is -0.143. The Morgan fingerprint density at radius 3 is 2.83 bits per heavy atom. The van der Waals surface area contributed by atoms with Gasteiger partial charge in [-0.3, -0.25) is 9.59 Å². The molecule has 0 saturated heterocycles. The van der Waals surface area contributed by atoms with Crippen LogP contribution in [-0.2, 0) is 16.0 Å². The third kappa shape index (κ3) is 2.99. The van der Waals surface area contributed by atoms with Crippen LogP contribution in [0.1, 0.15) is 24.1 Å². The molecule has 6 nitrogen and oxygen atoms in total. The minimum atomic E-state index is -0.954. The molecule has 0 aliphatic heterocycles. The van der Waals surface area contributed by atoms with Crippen LogP contribution in [0.4, 0.5) is 0 Å². The van der Waals surface area contributed by atoms with Gasteiger partial charge in [0.25, 0.3) is 0 Å². The fraction of sp³-hybridized carbons (Fsp3) is 0.353. The van der Waals surface area contributed by atoms with E-state index in [1.54, 1.807) is 14.0 Å². The molecule has 2 aromatic heterocycles. The van der Waals surface area contributed by atoms with Crippen molar-refractivity contribution in [1.29, 1.82) is 0 Å².